The van der Waals surface area contributed by atoms with Crippen molar-refractivity contribution in [1.82, 2.24) is 0 Å². The third-order valence-electron chi connectivity index (χ3n) is 5.63. The molecule has 0 spiro atoms. The number of para-hydroxylation sites is 6. The van der Waals surface area contributed by atoms with E-state index in [9.17, 15) is 0 Å². The molecule has 6 nitrogen and oxygen atoms in total. The Morgan fingerprint density at radius 3 is 0.775 bits per heavy atom. The normalized spacial score (nSPS) is 12.1. The summed E-state index contributed by atoms with van der Waals surface area (Å²) < 4.78 is 38.6. The van der Waals surface area contributed by atoms with Crippen LogP contribution >= 0.6 is 15.9 Å². The Balaban J connectivity index is 1.46. The van der Waals surface area contributed by atoms with Crippen LogP contribution in [0, 0.1) is 0 Å². The molecule has 0 saturated heterocycles. The minimum absolute atomic E-state index is 0.454. The van der Waals surface area contributed by atoms with Gasteiger partial charge in [0.25, 0.3) is 0 Å². The molecule has 40 heavy (non-hydrogen) atoms. The standard InChI is InChI=1S/C32H32O6P2/c1-39(33-27-17-7-3-8-18-27,34-28-19-9-4-10-20-28)37-31-25-15-16-26-32(31)38-40(2,35-29-21-11-5-12-22-29)36-30-23-13-6-14-24-30/h3-26,39-40H,1-2H3. The van der Waals surface area contributed by atoms with Gasteiger partial charge in [-0.25, -0.2) is 0 Å². The van der Waals surface area contributed by atoms with Crippen LogP contribution in [0.1, 0.15) is 0 Å². The Morgan fingerprint density at radius 2 is 0.525 bits per heavy atom. The molecule has 206 valence electrons. The van der Waals surface area contributed by atoms with Crippen LogP contribution < -0.4 is 27.1 Å². The van der Waals surface area contributed by atoms with E-state index in [0.29, 0.717) is 34.5 Å². The van der Waals surface area contributed by atoms with Gasteiger partial charge in [-0.15, -0.1) is 0 Å². The van der Waals surface area contributed by atoms with Gasteiger partial charge in [0.1, 0.15) is 0 Å². The van der Waals surface area contributed by atoms with Gasteiger partial charge in [-0.05, 0) is 0 Å². The predicted octanol–water partition coefficient (Wildman–Crippen LogP) is 9.01. The van der Waals surface area contributed by atoms with E-state index in [0.717, 1.165) is 0 Å². The van der Waals surface area contributed by atoms with Crippen molar-refractivity contribution in [1.29, 1.82) is 0 Å². The summed E-state index contributed by atoms with van der Waals surface area (Å²) in [6, 6.07) is 45.3. The first-order valence-corrected chi connectivity index (χ1v) is 17.4. The van der Waals surface area contributed by atoms with E-state index in [4.69, 9.17) is 27.1 Å². The van der Waals surface area contributed by atoms with Gasteiger partial charge in [0.05, 0.1) is 0 Å². The van der Waals surface area contributed by atoms with Crippen LogP contribution in [0.25, 0.3) is 0 Å². The summed E-state index contributed by atoms with van der Waals surface area (Å²) in [6.45, 7) is 3.70. The molecule has 0 saturated carbocycles. The summed E-state index contributed by atoms with van der Waals surface area (Å²) in [5.74, 6) is 3.48. The van der Waals surface area contributed by atoms with Crippen LogP contribution in [0.2, 0.25) is 0 Å². The summed E-state index contributed by atoms with van der Waals surface area (Å²) in [7, 11) is -6.75. The van der Waals surface area contributed by atoms with E-state index in [2.05, 4.69) is 0 Å². The predicted molar refractivity (Wildman–Crippen MR) is 164 cm³/mol. The molecule has 0 fully saturated rings. The molecule has 0 aliphatic rings. The quantitative estimate of drug-likeness (QED) is 0.139. The first-order chi connectivity index (χ1) is 19.5. The third kappa shape index (κ3) is 7.66. The molecule has 0 aliphatic heterocycles. The minimum atomic E-state index is -3.37. The zero-order valence-corrected chi connectivity index (χ0v) is 24.3. The van der Waals surface area contributed by atoms with Crippen LogP contribution in [0.5, 0.6) is 34.5 Å². The second kappa shape index (κ2) is 12.7. The Kier molecular flexibility index (Phi) is 8.71. The van der Waals surface area contributed by atoms with Crippen LogP contribution in [0.4, 0.5) is 0 Å². The maximum absolute atomic E-state index is 6.57. The summed E-state index contributed by atoms with van der Waals surface area (Å²) >= 11 is 0. The van der Waals surface area contributed by atoms with E-state index in [1.807, 2.05) is 159 Å². The van der Waals surface area contributed by atoms with Gasteiger partial charge < -0.3 is 0 Å². The Morgan fingerprint density at radius 1 is 0.300 bits per heavy atom. The molecule has 0 N–H and O–H groups in total. The van der Waals surface area contributed by atoms with Gasteiger partial charge in [0, 0.05) is 0 Å². The van der Waals surface area contributed by atoms with Crippen molar-refractivity contribution >= 4 is 15.9 Å². The molecule has 8 heteroatoms. The molecule has 0 atom stereocenters. The molecule has 5 aromatic rings. The van der Waals surface area contributed by atoms with Crippen molar-refractivity contribution in [2.24, 2.45) is 0 Å². The number of rotatable bonds is 12. The average Bonchev–Trinajstić information content (AvgIpc) is 2.96. The van der Waals surface area contributed by atoms with E-state index >= 15 is 0 Å². The van der Waals surface area contributed by atoms with E-state index in [1.54, 1.807) is 0 Å². The third-order valence-corrected chi connectivity index (χ3v) is 9.23. The van der Waals surface area contributed by atoms with Crippen molar-refractivity contribution in [3.63, 3.8) is 0 Å². The number of benzene rings is 5. The first kappa shape index (κ1) is 27.3. The van der Waals surface area contributed by atoms with Gasteiger partial charge in [-0.2, -0.15) is 0 Å². The van der Waals surface area contributed by atoms with Gasteiger partial charge in [0.15, 0.2) is 0 Å². The molecule has 0 radical (unpaired) electrons. The van der Waals surface area contributed by atoms with Crippen molar-refractivity contribution < 1.29 is 27.1 Å². The van der Waals surface area contributed by atoms with Gasteiger partial charge in [-0.3, -0.25) is 0 Å². The van der Waals surface area contributed by atoms with Gasteiger partial charge >= 0.3 is 236 Å². The van der Waals surface area contributed by atoms with Crippen molar-refractivity contribution in [3.05, 3.63) is 146 Å². The van der Waals surface area contributed by atoms with Crippen molar-refractivity contribution in [3.8, 4) is 34.5 Å². The van der Waals surface area contributed by atoms with Crippen LogP contribution in [-0.2, 0) is 0 Å². The van der Waals surface area contributed by atoms with Crippen molar-refractivity contribution in [2.45, 2.75) is 0 Å². The molecular weight excluding hydrogens is 542 g/mol. The molecule has 0 unspecified atom stereocenters. The summed E-state index contributed by atoms with van der Waals surface area (Å²) in [5, 5.41) is 0. The fraction of sp³-hybridized carbons (Fsp3) is 0.0625. The second-order valence-corrected chi connectivity index (χ2v) is 13.7. The molecule has 0 bridgehead atoms. The van der Waals surface area contributed by atoms with E-state index in [-0.39, 0.29) is 0 Å². The number of hydrogen-bond donors (Lipinski definition) is 0. The molecule has 0 amide bonds. The summed E-state index contributed by atoms with van der Waals surface area (Å²) in [4.78, 5) is 0. The Bertz CT molecular complexity index is 1270. The zero-order valence-electron chi connectivity index (χ0n) is 22.3. The van der Waals surface area contributed by atoms with Gasteiger partial charge in [-0.1, -0.05) is 0 Å². The summed E-state index contributed by atoms with van der Waals surface area (Å²) in [6.07, 6.45) is 0. The topological polar surface area (TPSA) is 55.4 Å². The average molecular weight is 575 g/mol. The fourth-order valence-electron chi connectivity index (χ4n) is 3.95. The maximum atomic E-state index is 6.57. The SMILES string of the molecule is C[PH](Oc1ccccc1)(Oc1ccccc1)Oc1ccccc1O[PH](C)(Oc1ccccc1)Oc1ccccc1. The van der Waals surface area contributed by atoms with Crippen LogP contribution in [0.15, 0.2) is 146 Å². The fourth-order valence-corrected chi connectivity index (χ4v) is 7.60. The molecule has 5 aromatic carbocycles. The molecule has 0 heterocycles. The zero-order chi connectivity index (χ0) is 27.7. The monoisotopic (exact) mass is 574 g/mol. The second-order valence-electron chi connectivity index (χ2n) is 9.04. The molecular formula is C32H32O6P2. The van der Waals surface area contributed by atoms with Gasteiger partial charge in [0.2, 0.25) is 0 Å². The molecule has 0 aliphatic carbocycles. The molecule has 5 rings (SSSR count). The van der Waals surface area contributed by atoms with Crippen LogP contribution in [-0.4, -0.2) is 13.3 Å². The Hall–Kier alpha value is -4.24. The first-order valence-electron chi connectivity index (χ1n) is 12.9. The van der Waals surface area contributed by atoms with Crippen molar-refractivity contribution in [2.75, 3.05) is 13.3 Å². The Labute approximate surface area is 236 Å². The van der Waals surface area contributed by atoms with E-state index in [1.165, 1.54) is 0 Å². The van der Waals surface area contributed by atoms with Crippen LogP contribution in [0.3, 0.4) is 0 Å². The molecule has 0 aromatic heterocycles. The number of hydrogen-bond acceptors (Lipinski definition) is 6. The van der Waals surface area contributed by atoms with E-state index < -0.39 is 15.9 Å². The summed E-state index contributed by atoms with van der Waals surface area (Å²) in [5.41, 5.74) is 0.